The number of amides is 1. The Morgan fingerprint density at radius 3 is 2.71 bits per heavy atom. The highest BCUT2D eigenvalue weighted by Gasteiger charge is 2.38. The maximum atomic E-state index is 13.5. The van der Waals surface area contributed by atoms with E-state index in [2.05, 4.69) is 64.5 Å². The first-order chi connectivity index (χ1) is 15.3. The molecule has 3 aromatic rings. The number of hydrogen-bond acceptors (Lipinski definition) is 2. The number of carbonyl (C=O) groups is 1. The van der Waals surface area contributed by atoms with E-state index in [-0.39, 0.29) is 5.91 Å². The molecule has 0 aromatic heterocycles. The van der Waals surface area contributed by atoms with Crippen molar-refractivity contribution >= 4 is 17.8 Å². The van der Waals surface area contributed by atoms with Crippen molar-refractivity contribution in [1.82, 2.24) is 4.90 Å². The number of fused-ring (bicyclic) bond motifs is 4. The van der Waals surface area contributed by atoms with E-state index in [0.717, 1.165) is 43.5 Å². The van der Waals surface area contributed by atoms with Crippen molar-refractivity contribution in [3.63, 3.8) is 0 Å². The standard InChI is InChI=1S/C28H26N2O/c31-28(23-9-8-20-14-15-29-26(20)18-23)30-16-4-7-25-24-12-10-21(19-5-2-1-3-6-19)17-22(24)11-13-27(25)30/h1-3,5-6,8-10,12,15,17-18,25,27H,4,7,11,13-14,16H2/t25?,27-/m0/s1. The van der Waals surface area contributed by atoms with Crippen molar-refractivity contribution in [1.29, 1.82) is 0 Å². The molecule has 31 heavy (non-hydrogen) atoms. The summed E-state index contributed by atoms with van der Waals surface area (Å²) in [5, 5.41) is 0. The van der Waals surface area contributed by atoms with Crippen LogP contribution in [0.5, 0.6) is 0 Å². The average Bonchev–Trinajstić information content (AvgIpc) is 3.31. The number of aliphatic imine (C=N–C) groups is 1. The fraction of sp³-hybridized carbons (Fsp3) is 0.286. The molecule has 154 valence electrons. The maximum Gasteiger partial charge on any atom is 0.254 e. The zero-order chi connectivity index (χ0) is 20.8. The topological polar surface area (TPSA) is 32.7 Å². The molecular weight excluding hydrogens is 380 g/mol. The van der Waals surface area contributed by atoms with E-state index >= 15 is 0 Å². The minimum absolute atomic E-state index is 0.170. The molecule has 3 nitrogen and oxygen atoms in total. The van der Waals surface area contributed by atoms with Crippen LogP contribution in [0.3, 0.4) is 0 Å². The van der Waals surface area contributed by atoms with Gasteiger partial charge in [-0.1, -0.05) is 54.6 Å². The van der Waals surface area contributed by atoms with Crippen LogP contribution in [-0.2, 0) is 12.8 Å². The van der Waals surface area contributed by atoms with E-state index in [9.17, 15) is 4.79 Å². The van der Waals surface area contributed by atoms with E-state index in [1.165, 1.54) is 34.2 Å². The molecule has 2 heterocycles. The monoisotopic (exact) mass is 406 g/mol. The van der Waals surface area contributed by atoms with Crippen LogP contribution in [0, 0.1) is 0 Å². The van der Waals surface area contributed by atoms with E-state index < -0.39 is 0 Å². The summed E-state index contributed by atoms with van der Waals surface area (Å²) in [6.45, 7) is 0.859. The van der Waals surface area contributed by atoms with Gasteiger partial charge in [0.1, 0.15) is 0 Å². The van der Waals surface area contributed by atoms with Gasteiger partial charge in [-0.2, -0.15) is 0 Å². The summed E-state index contributed by atoms with van der Waals surface area (Å²) in [5.41, 5.74) is 8.43. The molecule has 1 aliphatic carbocycles. The van der Waals surface area contributed by atoms with Gasteiger partial charge >= 0.3 is 0 Å². The Bertz CT molecular complexity index is 1180. The smallest absolute Gasteiger partial charge is 0.254 e. The number of hydrogen-bond donors (Lipinski definition) is 0. The third-order valence-electron chi connectivity index (χ3n) is 7.27. The Morgan fingerprint density at radius 1 is 0.903 bits per heavy atom. The molecule has 1 unspecified atom stereocenters. The third kappa shape index (κ3) is 3.20. The first kappa shape index (κ1) is 18.6. The first-order valence-corrected chi connectivity index (χ1v) is 11.4. The number of rotatable bonds is 2. The second kappa shape index (κ2) is 7.49. The van der Waals surface area contributed by atoms with Gasteiger partial charge in [-0.25, -0.2) is 0 Å². The summed E-state index contributed by atoms with van der Waals surface area (Å²) in [7, 11) is 0. The summed E-state index contributed by atoms with van der Waals surface area (Å²) in [4.78, 5) is 20.1. The van der Waals surface area contributed by atoms with Gasteiger partial charge in [0, 0.05) is 36.7 Å². The Hall–Kier alpha value is -3.20. The van der Waals surface area contributed by atoms with Crippen molar-refractivity contribution in [3.05, 3.63) is 89.0 Å². The van der Waals surface area contributed by atoms with Crippen molar-refractivity contribution in [2.24, 2.45) is 4.99 Å². The summed E-state index contributed by atoms with van der Waals surface area (Å²) >= 11 is 0. The summed E-state index contributed by atoms with van der Waals surface area (Å²) < 4.78 is 0. The fourth-order valence-electron chi connectivity index (χ4n) is 5.72. The van der Waals surface area contributed by atoms with Crippen LogP contribution in [0.15, 0.2) is 71.7 Å². The van der Waals surface area contributed by atoms with Crippen LogP contribution in [0.25, 0.3) is 11.1 Å². The zero-order valence-electron chi connectivity index (χ0n) is 17.6. The molecular formula is C28H26N2O. The van der Waals surface area contributed by atoms with Gasteiger partial charge in [-0.15, -0.1) is 0 Å². The lowest BCUT2D eigenvalue weighted by Gasteiger charge is -2.45. The number of carbonyl (C=O) groups excluding carboxylic acids is 1. The van der Waals surface area contributed by atoms with E-state index in [1.807, 2.05) is 18.3 Å². The molecule has 2 atom stereocenters. The van der Waals surface area contributed by atoms with Crippen LogP contribution in [-0.4, -0.2) is 29.6 Å². The molecule has 0 radical (unpaired) electrons. The van der Waals surface area contributed by atoms with Crippen LogP contribution < -0.4 is 0 Å². The highest BCUT2D eigenvalue weighted by molar-refractivity contribution is 5.96. The van der Waals surface area contributed by atoms with E-state index in [0.29, 0.717) is 12.0 Å². The van der Waals surface area contributed by atoms with Crippen molar-refractivity contribution in [3.8, 4) is 11.1 Å². The summed E-state index contributed by atoms with van der Waals surface area (Å²) in [6, 6.07) is 23.9. The largest absolute Gasteiger partial charge is 0.335 e. The average molecular weight is 407 g/mol. The number of aryl methyl sites for hydroxylation is 1. The molecule has 0 N–H and O–H groups in total. The predicted molar refractivity (Wildman–Crippen MR) is 125 cm³/mol. The Labute approximate surface area is 183 Å². The van der Waals surface area contributed by atoms with E-state index in [1.54, 1.807) is 0 Å². The van der Waals surface area contributed by atoms with Crippen LogP contribution >= 0.6 is 0 Å². The van der Waals surface area contributed by atoms with Gasteiger partial charge in [0.2, 0.25) is 0 Å². The lowest BCUT2D eigenvalue weighted by molar-refractivity contribution is 0.0547. The molecule has 3 aliphatic rings. The minimum atomic E-state index is 0.170. The molecule has 3 aromatic carbocycles. The number of likely N-dealkylation sites (tertiary alicyclic amines) is 1. The second-order valence-electron chi connectivity index (χ2n) is 8.99. The number of benzene rings is 3. The predicted octanol–water partition coefficient (Wildman–Crippen LogP) is 5.95. The first-order valence-electron chi connectivity index (χ1n) is 11.4. The molecule has 1 saturated heterocycles. The highest BCUT2D eigenvalue weighted by atomic mass is 16.2. The third-order valence-corrected chi connectivity index (χ3v) is 7.27. The van der Waals surface area contributed by atoms with Gasteiger partial charge in [-0.05, 0) is 65.6 Å². The second-order valence-corrected chi connectivity index (χ2v) is 8.99. The lowest BCUT2D eigenvalue weighted by atomic mass is 9.73. The van der Waals surface area contributed by atoms with Gasteiger partial charge < -0.3 is 4.90 Å². The quantitative estimate of drug-likeness (QED) is 0.518. The van der Waals surface area contributed by atoms with Crippen LogP contribution in [0.1, 0.15) is 52.2 Å². The highest BCUT2D eigenvalue weighted by Crippen LogP contribution is 2.42. The lowest BCUT2D eigenvalue weighted by Crippen LogP contribution is -2.49. The normalized spacial score (nSPS) is 21.4. The van der Waals surface area contributed by atoms with Gasteiger partial charge in [0.05, 0.1) is 5.69 Å². The molecule has 3 heteroatoms. The molecule has 0 bridgehead atoms. The Morgan fingerprint density at radius 2 is 1.81 bits per heavy atom. The van der Waals surface area contributed by atoms with Crippen LogP contribution in [0.4, 0.5) is 5.69 Å². The Kier molecular flexibility index (Phi) is 4.48. The van der Waals surface area contributed by atoms with Crippen LogP contribution in [0.2, 0.25) is 0 Å². The van der Waals surface area contributed by atoms with Gasteiger partial charge in [-0.3, -0.25) is 9.79 Å². The van der Waals surface area contributed by atoms with Crippen molar-refractivity contribution < 1.29 is 4.79 Å². The van der Waals surface area contributed by atoms with Gasteiger partial charge in [0.25, 0.3) is 5.91 Å². The van der Waals surface area contributed by atoms with Gasteiger partial charge in [0.15, 0.2) is 0 Å². The number of piperidine rings is 1. The SMILES string of the molecule is O=C(c1ccc2c(c1)N=CC2)N1CCCC2c3ccc(-c4ccccc4)cc3CC[C@@H]21. The van der Waals surface area contributed by atoms with Crippen molar-refractivity contribution in [2.75, 3.05) is 6.54 Å². The maximum absolute atomic E-state index is 13.5. The molecule has 1 fully saturated rings. The number of nitrogens with zero attached hydrogens (tertiary/aromatic N) is 2. The molecule has 2 aliphatic heterocycles. The molecule has 0 saturated carbocycles. The minimum Gasteiger partial charge on any atom is -0.335 e. The van der Waals surface area contributed by atoms with Crippen molar-refractivity contribution in [2.45, 2.75) is 44.1 Å². The Balaban J connectivity index is 1.29. The zero-order valence-corrected chi connectivity index (χ0v) is 17.6. The summed E-state index contributed by atoms with van der Waals surface area (Å²) in [6.07, 6.45) is 7.12. The molecule has 0 spiro atoms. The summed E-state index contributed by atoms with van der Waals surface area (Å²) in [5.74, 6) is 0.614. The molecule has 1 amide bonds. The van der Waals surface area contributed by atoms with E-state index in [4.69, 9.17) is 0 Å². The molecule has 6 rings (SSSR count). The fourth-order valence-corrected chi connectivity index (χ4v) is 5.72.